The van der Waals surface area contributed by atoms with E-state index in [1.54, 1.807) is 0 Å². The Kier molecular flexibility index (Phi) is 3.47. The quantitative estimate of drug-likeness (QED) is 0.872. The minimum absolute atomic E-state index is 0.282. The first-order chi connectivity index (χ1) is 8.00. The Hall–Kier alpha value is -0.970. The Morgan fingerprint density at radius 1 is 1.47 bits per heavy atom. The summed E-state index contributed by atoms with van der Waals surface area (Å²) in [4.78, 5) is 11.1. The molecule has 0 saturated carbocycles. The van der Waals surface area contributed by atoms with Crippen LogP contribution in [-0.2, 0) is 6.42 Å². The van der Waals surface area contributed by atoms with Gasteiger partial charge in [-0.2, -0.15) is 11.8 Å². The standard InChI is InChI=1S/C12H20N4S/c1-4-10-14-9(13)7-11(15-10)16-5-6-17-12(2,3)8-16/h7H,4-6,8H2,1-3H3,(H2,13,14,15). The van der Waals surface area contributed by atoms with Crippen LogP contribution >= 0.6 is 11.8 Å². The van der Waals surface area contributed by atoms with Crippen LogP contribution in [0.1, 0.15) is 26.6 Å². The maximum atomic E-state index is 5.83. The molecule has 1 aromatic heterocycles. The van der Waals surface area contributed by atoms with Crippen LogP contribution in [0, 0.1) is 0 Å². The van der Waals surface area contributed by atoms with E-state index in [0.717, 1.165) is 36.9 Å². The Morgan fingerprint density at radius 2 is 2.24 bits per heavy atom. The van der Waals surface area contributed by atoms with E-state index in [-0.39, 0.29) is 4.75 Å². The van der Waals surface area contributed by atoms with Crippen molar-refractivity contribution in [1.29, 1.82) is 0 Å². The van der Waals surface area contributed by atoms with Crippen molar-refractivity contribution in [2.45, 2.75) is 31.9 Å². The summed E-state index contributed by atoms with van der Waals surface area (Å²) < 4.78 is 0.282. The van der Waals surface area contributed by atoms with E-state index in [1.165, 1.54) is 0 Å². The van der Waals surface area contributed by atoms with Gasteiger partial charge in [0.15, 0.2) is 0 Å². The number of aromatic nitrogens is 2. The van der Waals surface area contributed by atoms with Crippen LogP contribution in [0.25, 0.3) is 0 Å². The zero-order valence-electron chi connectivity index (χ0n) is 10.7. The second kappa shape index (κ2) is 4.72. The molecule has 1 fully saturated rings. The second-order valence-electron chi connectivity index (χ2n) is 4.95. The molecular weight excluding hydrogens is 232 g/mol. The monoisotopic (exact) mass is 252 g/mol. The molecule has 1 aromatic rings. The van der Waals surface area contributed by atoms with E-state index in [1.807, 2.05) is 17.8 Å². The van der Waals surface area contributed by atoms with Gasteiger partial charge in [-0.05, 0) is 13.8 Å². The third-order valence-electron chi connectivity index (χ3n) is 2.84. The summed E-state index contributed by atoms with van der Waals surface area (Å²) in [6.45, 7) is 8.64. The van der Waals surface area contributed by atoms with Crippen LogP contribution in [0.5, 0.6) is 0 Å². The number of nitrogens with zero attached hydrogens (tertiary/aromatic N) is 3. The van der Waals surface area contributed by atoms with Gasteiger partial charge in [-0.3, -0.25) is 0 Å². The predicted molar refractivity (Wildman–Crippen MR) is 74.6 cm³/mol. The number of thioether (sulfide) groups is 1. The number of aryl methyl sites for hydroxylation is 1. The highest BCUT2D eigenvalue weighted by molar-refractivity contribution is 8.00. The van der Waals surface area contributed by atoms with Crippen molar-refractivity contribution in [3.8, 4) is 0 Å². The van der Waals surface area contributed by atoms with Gasteiger partial charge >= 0.3 is 0 Å². The second-order valence-corrected chi connectivity index (χ2v) is 6.75. The van der Waals surface area contributed by atoms with Crippen molar-refractivity contribution >= 4 is 23.4 Å². The molecular formula is C12H20N4S. The summed E-state index contributed by atoms with van der Waals surface area (Å²) >= 11 is 2.02. The molecule has 0 amide bonds. The molecule has 2 rings (SSSR count). The van der Waals surface area contributed by atoms with Crippen LogP contribution in [0.3, 0.4) is 0 Å². The molecule has 0 atom stereocenters. The molecule has 0 unspecified atom stereocenters. The van der Waals surface area contributed by atoms with Crippen LogP contribution < -0.4 is 10.6 Å². The average Bonchev–Trinajstić information content (AvgIpc) is 2.27. The maximum Gasteiger partial charge on any atom is 0.134 e. The van der Waals surface area contributed by atoms with Gasteiger partial charge in [0.05, 0.1) is 0 Å². The first kappa shape index (κ1) is 12.5. The summed E-state index contributed by atoms with van der Waals surface area (Å²) in [5, 5.41) is 0. The number of rotatable bonds is 2. The van der Waals surface area contributed by atoms with Gasteiger partial charge in [0.2, 0.25) is 0 Å². The van der Waals surface area contributed by atoms with Gasteiger partial charge in [-0.25, -0.2) is 9.97 Å². The van der Waals surface area contributed by atoms with Crippen LogP contribution in [0.2, 0.25) is 0 Å². The van der Waals surface area contributed by atoms with E-state index < -0.39 is 0 Å². The van der Waals surface area contributed by atoms with Gasteiger partial charge in [0, 0.05) is 36.1 Å². The lowest BCUT2D eigenvalue weighted by atomic mass is 10.2. The van der Waals surface area contributed by atoms with Crippen LogP contribution in [0.15, 0.2) is 6.07 Å². The Balaban J connectivity index is 2.24. The summed E-state index contributed by atoms with van der Waals surface area (Å²) in [5.41, 5.74) is 5.83. The van der Waals surface area contributed by atoms with Gasteiger partial charge in [0.25, 0.3) is 0 Å². The number of hydrogen-bond acceptors (Lipinski definition) is 5. The Labute approximate surface area is 107 Å². The SMILES string of the molecule is CCc1nc(N)cc(N2CCSC(C)(C)C2)n1. The molecule has 0 aliphatic carbocycles. The van der Waals surface area contributed by atoms with Crippen molar-refractivity contribution in [2.75, 3.05) is 29.5 Å². The molecule has 1 aliphatic rings. The van der Waals surface area contributed by atoms with E-state index >= 15 is 0 Å². The smallest absolute Gasteiger partial charge is 0.134 e. The fourth-order valence-corrected chi connectivity index (χ4v) is 3.15. The van der Waals surface area contributed by atoms with Crippen molar-refractivity contribution in [1.82, 2.24) is 9.97 Å². The van der Waals surface area contributed by atoms with Crippen molar-refractivity contribution in [3.63, 3.8) is 0 Å². The predicted octanol–water partition coefficient (Wildman–Crippen LogP) is 1.95. The zero-order valence-corrected chi connectivity index (χ0v) is 11.5. The van der Waals surface area contributed by atoms with Gasteiger partial charge in [-0.15, -0.1) is 0 Å². The van der Waals surface area contributed by atoms with E-state index in [2.05, 4.69) is 35.6 Å². The minimum atomic E-state index is 0.282. The zero-order chi connectivity index (χ0) is 12.5. The largest absolute Gasteiger partial charge is 0.384 e. The number of anilines is 2. The molecule has 94 valence electrons. The first-order valence-electron chi connectivity index (χ1n) is 6.02. The Morgan fingerprint density at radius 3 is 2.88 bits per heavy atom. The number of hydrogen-bond donors (Lipinski definition) is 1. The molecule has 17 heavy (non-hydrogen) atoms. The number of nitrogens with two attached hydrogens (primary N) is 1. The molecule has 0 bridgehead atoms. The highest BCUT2D eigenvalue weighted by Gasteiger charge is 2.28. The lowest BCUT2D eigenvalue weighted by molar-refractivity contribution is 0.640. The molecule has 1 saturated heterocycles. The first-order valence-corrected chi connectivity index (χ1v) is 7.01. The fourth-order valence-electron chi connectivity index (χ4n) is 2.04. The molecule has 2 heterocycles. The van der Waals surface area contributed by atoms with Crippen molar-refractivity contribution < 1.29 is 0 Å². The number of nitrogen functional groups attached to an aromatic ring is 1. The van der Waals surface area contributed by atoms with E-state index in [9.17, 15) is 0 Å². The highest BCUT2D eigenvalue weighted by Crippen LogP contribution is 2.31. The van der Waals surface area contributed by atoms with Crippen molar-refractivity contribution in [3.05, 3.63) is 11.9 Å². The molecule has 1 aliphatic heterocycles. The summed E-state index contributed by atoms with van der Waals surface area (Å²) in [7, 11) is 0. The average molecular weight is 252 g/mol. The summed E-state index contributed by atoms with van der Waals surface area (Å²) in [6, 6.07) is 1.88. The topological polar surface area (TPSA) is 55.0 Å². The van der Waals surface area contributed by atoms with E-state index in [4.69, 9.17) is 5.73 Å². The van der Waals surface area contributed by atoms with E-state index in [0.29, 0.717) is 5.82 Å². The summed E-state index contributed by atoms with van der Waals surface area (Å²) in [5.74, 6) is 3.51. The lowest BCUT2D eigenvalue weighted by Gasteiger charge is -2.38. The molecule has 4 nitrogen and oxygen atoms in total. The molecule has 0 aromatic carbocycles. The molecule has 2 N–H and O–H groups in total. The van der Waals surface area contributed by atoms with Crippen LogP contribution in [0.4, 0.5) is 11.6 Å². The van der Waals surface area contributed by atoms with Gasteiger partial charge in [-0.1, -0.05) is 6.92 Å². The fraction of sp³-hybridized carbons (Fsp3) is 0.667. The molecule has 0 radical (unpaired) electrons. The molecule has 5 heteroatoms. The van der Waals surface area contributed by atoms with Crippen molar-refractivity contribution in [2.24, 2.45) is 0 Å². The summed E-state index contributed by atoms with van der Waals surface area (Å²) in [6.07, 6.45) is 0.823. The Bertz CT molecular complexity index is 405. The third kappa shape index (κ3) is 3.03. The van der Waals surface area contributed by atoms with Crippen LogP contribution in [-0.4, -0.2) is 33.6 Å². The maximum absolute atomic E-state index is 5.83. The molecule has 0 spiro atoms. The van der Waals surface area contributed by atoms with Gasteiger partial charge in [0.1, 0.15) is 17.5 Å². The minimum Gasteiger partial charge on any atom is -0.384 e. The lowest BCUT2D eigenvalue weighted by Crippen LogP contribution is -2.43. The highest BCUT2D eigenvalue weighted by atomic mass is 32.2. The van der Waals surface area contributed by atoms with Gasteiger partial charge < -0.3 is 10.6 Å². The normalized spacial score (nSPS) is 19.4. The third-order valence-corrected chi connectivity index (χ3v) is 4.14.